The largest absolute Gasteiger partial charge is 0.325 e. The lowest BCUT2D eigenvalue weighted by atomic mass is 9.98. The number of rotatable bonds is 7. The van der Waals surface area contributed by atoms with E-state index in [4.69, 9.17) is 0 Å². The molecule has 154 valence electrons. The van der Waals surface area contributed by atoms with Crippen LogP contribution in [0.2, 0.25) is 0 Å². The molecule has 1 aromatic carbocycles. The lowest BCUT2D eigenvalue weighted by molar-refractivity contribution is -0.115. The summed E-state index contributed by atoms with van der Waals surface area (Å²) in [4.78, 5) is 34.4. The number of amides is 1. The Labute approximate surface area is 177 Å². The molecule has 0 fully saturated rings. The van der Waals surface area contributed by atoms with Crippen LogP contribution in [-0.2, 0) is 11.2 Å². The second kappa shape index (κ2) is 9.09. The highest BCUT2D eigenvalue weighted by molar-refractivity contribution is 8.00. The van der Waals surface area contributed by atoms with Crippen LogP contribution >= 0.6 is 23.1 Å². The summed E-state index contributed by atoms with van der Waals surface area (Å²) >= 11 is 2.71. The molecule has 0 aliphatic rings. The van der Waals surface area contributed by atoms with E-state index in [9.17, 15) is 14.0 Å². The van der Waals surface area contributed by atoms with Gasteiger partial charge in [0.05, 0.1) is 10.6 Å². The van der Waals surface area contributed by atoms with Crippen LogP contribution in [0.25, 0.3) is 10.2 Å². The third-order valence-corrected chi connectivity index (χ3v) is 6.89. The number of H-pyrrole nitrogens is 1. The van der Waals surface area contributed by atoms with E-state index in [1.807, 2.05) is 6.92 Å². The lowest BCUT2D eigenvalue weighted by Crippen LogP contribution is -2.23. The highest BCUT2D eigenvalue weighted by Crippen LogP contribution is 2.31. The number of hydrogen-bond donors (Lipinski definition) is 2. The first-order valence-corrected chi connectivity index (χ1v) is 11.2. The second-order valence-corrected chi connectivity index (χ2v) is 9.69. The predicted molar refractivity (Wildman–Crippen MR) is 118 cm³/mol. The van der Waals surface area contributed by atoms with Crippen LogP contribution in [0.5, 0.6) is 0 Å². The van der Waals surface area contributed by atoms with E-state index in [2.05, 4.69) is 29.1 Å². The summed E-state index contributed by atoms with van der Waals surface area (Å²) in [5.41, 5.74) is 1.43. The summed E-state index contributed by atoms with van der Waals surface area (Å²) in [6, 6.07) is 5.58. The molecule has 0 saturated carbocycles. The van der Waals surface area contributed by atoms with Gasteiger partial charge in [0, 0.05) is 10.6 Å². The molecule has 0 bridgehead atoms. The maximum Gasteiger partial charge on any atom is 0.260 e. The normalized spacial score (nSPS) is 13.4. The minimum atomic E-state index is -0.485. The standard InChI is InChI=1S/C21H24FN3O2S2/c1-5-11(2)10-16-12(3)28-20-17(16)19(27)24-21(25-20)29-13(4)18(26)23-15-8-6-14(22)7-9-15/h6-9,11,13H,5,10H2,1-4H3,(H,23,26)(H,24,25,27). The van der Waals surface area contributed by atoms with Crippen LogP contribution < -0.4 is 10.9 Å². The molecule has 0 spiro atoms. The number of carbonyl (C=O) groups excluding carboxylic acids is 1. The third kappa shape index (κ3) is 5.05. The van der Waals surface area contributed by atoms with Crippen molar-refractivity contribution >= 4 is 44.9 Å². The van der Waals surface area contributed by atoms with Crippen molar-refractivity contribution in [2.24, 2.45) is 5.92 Å². The SMILES string of the molecule is CCC(C)Cc1c(C)sc2nc(SC(C)C(=O)Nc3ccc(F)cc3)[nH]c(=O)c12. The van der Waals surface area contributed by atoms with E-state index in [0.717, 1.165) is 23.3 Å². The summed E-state index contributed by atoms with van der Waals surface area (Å²) in [5.74, 6) is -0.112. The van der Waals surface area contributed by atoms with E-state index in [0.29, 0.717) is 27.0 Å². The number of thioether (sulfide) groups is 1. The van der Waals surface area contributed by atoms with E-state index in [1.54, 1.807) is 6.92 Å². The molecule has 3 rings (SSSR count). The number of nitrogens with zero attached hydrogens (tertiary/aromatic N) is 1. The van der Waals surface area contributed by atoms with Gasteiger partial charge >= 0.3 is 0 Å². The molecule has 2 aromatic heterocycles. The van der Waals surface area contributed by atoms with Gasteiger partial charge in [-0.15, -0.1) is 11.3 Å². The predicted octanol–water partition coefficient (Wildman–Crippen LogP) is 5.14. The molecule has 2 N–H and O–H groups in total. The highest BCUT2D eigenvalue weighted by atomic mass is 32.2. The Morgan fingerprint density at radius 3 is 2.66 bits per heavy atom. The van der Waals surface area contributed by atoms with Gasteiger partial charge in [-0.05, 0) is 56.0 Å². The molecule has 2 atom stereocenters. The average molecular weight is 434 g/mol. The first-order chi connectivity index (χ1) is 13.8. The van der Waals surface area contributed by atoms with E-state index < -0.39 is 5.25 Å². The van der Waals surface area contributed by atoms with Crippen molar-refractivity contribution in [2.45, 2.75) is 50.9 Å². The van der Waals surface area contributed by atoms with Gasteiger partial charge < -0.3 is 10.3 Å². The van der Waals surface area contributed by atoms with Crippen molar-refractivity contribution in [3.8, 4) is 0 Å². The molecule has 8 heteroatoms. The number of hydrogen-bond acceptors (Lipinski definition) is 5. The molecule has 0 radical (unpaired) electrons. The fourth-order valence-corrected chi connectivity index (χ4v) is 4.86. The molecule has 0 aliphatic carbocycles. The van der Waals surface area contributed by atoms with Gasteiger partial charge in [-0.25, -0.2) is 9.37 Å². The van der Waals surface area contributed by atoms with Gasteiger partial charge in [-0.2, -0.15) is 0 Å². The maximum absolute atomic E-state index is 13.0. The van der Waals surface area contributed by atoms with Crippen LogP contribution in [0, 0.1) is 18.7 Å². The molecule has 2 unspecified atom stereocenters. The van der Waals surface area contributed by atoms with Crippen LogP contribution in [0.15, 0.2) is 34.2 Å². The van der Waals surface area contributed by atoms with Crippen molar-refractivity contribution in [3.05, 3.63) is 50.9 Å². The monoisotopic (exact) mass is 433 g/mol. The number of anilines is 1. The Balaban J connectivity index is 1.78. The summed E-state index contributed by atoms with van der Waals surface area (Å²) in [6.07, 6.45) is 1.91. The third-order valence-electron chi connectivity index (χ3n) is 4.86. The Bertz CT molecular complexity index is 1080. The number of aryl methyl sites for hydroxylation is 1. The van der Waals surface area contributed by atoms with Crippen molar-refractivity contribution in [3.63, 3.8) is 0 Å². The number of nitrogens with one attached hydrogen (secondary N) is 2. The van der Waals surface area contributed by atoms with Crippen LogP contribution in [0.3, 0.4) is 0 Å². The molecular formula is C21H24FN3O2S2. The van der Waals surface area contributed by atoms with Gasteiger partial charge in [-0.3, -0.25) is 9.59 Å². The van der Waals surface area contributed by atoms with Gasteiger partial charge in [0.2, 0.25) is 5.91 Å². The smallest absolute Gasteiger partial charge is 0.260 e. The van der Waals surface area contributed by atoms with Crippen LogP contribution in [0.4, 0.5) is 10.1 Å². The molecule has 0 aliphatic heterocycles. The number of aromatic nitrogens is 2. The van der Waals surface area contributed by atoms with E-state index >= 15 is 0 Å². The molecule has 5 nitrogen and oxygen atoms in total. The lowest BCUT2D eigenvalue weighted by Gasteiger charge is -2.11. The van der Waals surface area contributed by atoms with E-state index in [1.165, 1.54) is 47.4 Å². The minimum Gasteiger partial charge on any atom is -0.325 e. The number of thiophene rings is 1. The highest BCUT2D eigenvalue weighted by Gasteiger charge is 2.20. The maximum atomic E-state index is 13.0. The number of halogens is 1. The fraction of sp³-hybridized carbons (Fsp3) is 0.381. The minimum absolute atomic E-state index is 0.161. The van der Waals surface area contributed by atoms with E-state index in [-0.39, 0.29) is 17.3 Å². The summed E-state index contributed by atoms with van der Waals surface area (Å²) in [7, 11) is 0. The molecule has 2 heterocycles. The first-order valence-electron chi connectivity index (χ1n) is 9.53. The van der Waals surface area contributed by atoms with Crippen molar-refractivity contribution in [2.75, 3.05) is 5.32 Å². The quantitative estimate of drug-likeness (QED) is 0.400. The molecule has 0 saturated heterocycles. The van der Waals surface area contributed by atoms with Gasteiger partial charge in [0.15, 0.2) is 5.16 Å². The summed E-state index contributed by atoms with van der Waals surface area (Å²) < 4.78 is 13.0. The summed E-state index contributed by atoms with van der Waals surface area (Å²) in [6.45, 7) is 8.08. The van der Waals surface area contributed by atoms with Crippen molar-refractivity contribution in [1.29, 1.82) is 0 Å². The van der Waals surface area contributed by atoms with Gasteiger partial charge in [-0.1, -0.05) is 32.0 Å². The Morgan fingerprint density at radius 2 is 2.00 bits per heavy atom. The first kappa shape index (κ1) is 21.5. The van der Waals surface area contributed by atoms with Gasteiger partial charge in [0.25, 0.3) is 5.56 Å². The number of carbonyl (C=O) groups is 1. The van der Waals surface area contributed by atoms with Crippen LogP contribution in [-0.4, -0.2) is 21.1 Å². The Hall–Kier alpha value is -2.19. The molecule has 3 aromatic rings. The molecule has 29 heavy (non-hydrogen) atoms. The number of benzene rings is 1. The fourth-order valence-electron chi connectivity index (χ4n) is 2.95. The second-order valence-electron chi connectivity index (χ2n) is 7.16. The zero-order valence-corrected chi connectivity index (χ0v) is 18.5. The Kier molecular flexibility index (Phi) is 6.74. The van der Waals surface area contributed by atoms with Crippen molar-refractivity contribution < 1.29 is 9.18 Å². The zero-order chi connectivity index (χ0) is 21.1. The van der Waals surface area contributed by atoms with Gasteiger partial charge in [0.1, 0.15) is 10.6 Å². The summed E-state index contributed by atoms with van der Waals surface area (Å²) in [5, 5.41) is 3.34. The average Bonchev–Trinajstić information content (AvgIpc) is 2.98. The number of aromatic amines is 1. The molecular weight excluding hydrogens is 409 g/mol. The number of fused-ring (bicyclic) bond motifs is 1. The van der Waals surface area contributed by atoms with Crippen molar-refractivity contribution in [1.82, 2.24) is 9.97 Å². The van der Waals surface area contributed by atoms with Crippen LogP contribution in [0.1, 0.15) is 37.6 Å². The topological polar surface area (TPSA) is 74.8 Å². The zero-order valence-electron chi connectivity index (χ0n) is 16.8. The molecule has 1 amide bonds. The Morgan fingerprint density at radius 1 is 1.31 bits per heavy atom.